The first kappa shape index (κ1) is 101. The largest absolute Gasteiger partial charge is 0.461 e. The van der Waals surface area contributed by atoms with E-state index in [1.54, 1.807) is 6.92 Å². The summed E-state index contributed by atoms with van der Waals surface area (Å²) in [7, 11) is -1.00. The predicted octanol–water partition coefficient (Wildman–Crippen LogP) is 14.5. The van der Waals surface area contributed by atoms with Gasteiger partial charge in [0.1, 0.15) is 32.3 Å². The number of nitriles is 1. The molecule has 7 rings (SSSR count). The number of alkyl halides is 2. The highest BCUT2D eigenvalue weighted by Crippen LogP contribution is 2.26. The zero-order valence-corrected chi connectivity index (χ0v) is 65.6. The van der Waals surface area contributed by atoms with E-state index in [1.165, 1.54) is 0 Å². The number of H-pyrrole nitrogens is 2. The fraction of sp³-hybridized carbons (Fsp3) is 0.472. The van der Waals surface area contributed by atoms with E-state index in [1.807, 2.05) is 213 Å². The van der Waals surface area contributed by atoms with Crippen LogP contribution in [-0.4, -0.2) is 99.8 Å². The molecule has 0 aliphatic rings. The van der Waals surface area contributed by atoms with Crippen molar-refractivity contribution in [2.45, 2.75) is 155 Å². The van der Waals surface area contributed by atoms with Gasteiger partial charge in [-0.25, -0.2) is 9.59 Å². The van der Waals surface area contributed by atoms with Gasteiger partial charge in [-0.15, -0.1) is 17.0 Å². The van der Waals surface area contributed by atoms with Gasteiger partial charge >= 0.3 is 35.4 Å². The van der Waals surface area contributed by atoms with E-state index in [2.05, 4.69) is 55.5 Å². The van der Waals surface area contributed by atoms with Gasteiger partial charge in [0.25, 0.3) is 0 Å². The van der Waals surface area contributed by atoms with Crippen LogP contribution < -0.4 is 28.7 Å². The van der Waals surface area contributed by atoms with Crippen molar-refractivity contribution in [1.82, 2.24) is 35.2 Å². The molecule has 0 radical (unpaired) electrons. The quantitative estimate of drug-likeness (QED) is 0.00408. The lowest BCUT2D eigenvalue weighted by Gasteiger charge is -2.18. The number of amidine groups is 1. The molecule has 0 saturated heterocycles. The number of benzene rings is 4. The molecule has 0 fully saturated rings. The standard InChI is InChI=1S/C15H18N2O4.C14H20N2O3.C14H19NO3.C14H17NO2.C6H11N3O2.C3Cl3N3.C2H6O.CH3F.CH3I.2CH4.BrH/c1-10(2)12(14-16-15(19)21-17-14)8-13(18)20-9-11-6-4-3-5-7-11;1-10(2)12(14(15)16-18)8-13(17)19-9-11-6-4-3-5-7-11;1-10(2)12(14(15)17)8-13(16)18-9-11-6-4-3-5-7-11;1-11(2)13(9-15)8-14(16)17-10-12-6-4-3-5-7-12;1-3(2)4(7)5-8-6(10)11-9-5;4-1-7-2(5)9-3(6)8-1;1-2-3;2*1-2;;;/h3-7,10,12H,8-9H2,1-2H3,(H,16,17,19);3-7,10,12,18H,8-9H2,1-2H3,(H2,15,16);3-7,10,12H,8-9H2,1-2H3,(H2,15,17);3-7,11,13H,8,10H2,1-2H3;3-4H,7H2,1-2H3,(H,8,9,10);;3H,2H2,1H3;2*1H3;2*1H4;1H/t3*12-;13-;4-;;;;;;;/m00010......./s1/i;;;;;;;2*1D;;;. The second-order valence-corrected chi connectivity index (χ2v) is 24.1. The van der Waals surface area contributed by atoms with Crippen molar-refractivity contribution in [2.24, 2.45) is 69.7 Å². The fourth-order valence-electron chi connectivity index (χ4n) is 7.81. The van der Waals surface area contributed by atoms with Crippen molar-refractivity contribution < 1.29 is 69.4 Å². The van der Waals surface area contributed by atoms with Gasteiger partial charge in [-0.3, -0.25) is 47.4 Å². The third-order valence-corrected chi connectivity index (χ3v) is 14.1. The summed E-state index contributed by atoms with van der Waals surface area (Å²) in [5.41, 5.74) is 20.2. The van der Waals surface area contributed by atoms with Crippen LogP contribution in [0.1, 0.15) is 165 Å². The van der Waals surface area contributed by atoms with Crippen molar-refractivity contribution in [3.05, 3.63) is 192 Å². The summed E-state index contributed by atoms with van der Waals surface area (Å²) in [5.74, 6) is -2.79. The van der Waals surface area contributed by atoms with E-state index in [9.17, 15) is 38.0 Å². The smallest absolute Gasteiger partial charge is 0.438 e. The number of aliphatic hydroxyl groups excluding tert-OH is 1. The van der Waals surface area contributed by atoms with Crippen LogP contribution in [0.4, 0.5) is 4.39 Å². The van der Waals surface area contributed by atoms with Gasteiger partial charge in [0.15, 0.2) is 11.6 Å². The number of primary amides is 1. The van der Waals surface area contributed by atoms with Crippen LogP contribution in [0, 0.1) is 58.7 Å². The molecule has 0 spiro atoms. The molecule has 3 heterocycles. The predicted molar refractivity (Wildman–Crippen MR) is 419 cm³/mol. The third kappa shape index (κ3) is 50.0. The topological polar surface area (TPSA) is 433 Å². The lowest BCUT2D eigenvalue weighted by molar-refractivity contribution is -0.148. The van der Waals surface area contributed by atoms with Crippen LogP contribution >= 0.6 is 74.4 Å². The molecule has 0 unspecified atom stereocenters. The van der Waals surface area contributed by atoms with E-state index in [0.29, 0.717) is 16.6 Å². The summed E-state index contributed by atoms with van der Waals surface area (Å²) >= 11 is 17.9. The number of hydrogen-bond donors (Lipinski definition) is 7. The van der Waals surface area contributed by atoms with E-state index in [4.69, 9.17) is 89.3 Å². The molecular weight excluding hydrogens is 1610 g/mol. The van der Waals surface area contributed by atoms with Crippen LogP contribution in [0.15, 0.2) is 145 Å². The maximum absolute atomic E-state index is 11.9. The average Bonchev–Trinajstić information content (AvgIpc) is 1.74. The zero-order valence-electron chi connectivity index (χ0n) is 61.5. The van der Waals surface area contributed by atoms with Crippen molar-refractivity contribution in [3.8, 4) is 6.07 Å². The van der Waals surface area contributed by atoms with E-state index >= 15 is 0 Å². The molecule has 1 amide bonds. The normalized spacial score (nSPS) is 11.7. The molecule has 0 saturated carbocycles. The lowest BCUT2D eigenvalue weighted by atomic mass is 9.91. The van der Waals surface area contributed by atoms with Gasteiger partial charge < -0.3 is 46.5 Å². The van der Waals surface area contributed by atoms with Crippen LogP contribution in [0.2, 0.25) is 15.9 Å². The molecule has 10 N–H and O–H groups in total. The molecule has 586 valence electrons. The number of nitrogens with one attached hydrogen (secondary N) is 2. The molecule has 0 aliphatic heterocycles. The van der Waals surface area contributed by atoms with E-state index < -0.39 is 36.5 Å². The first-order valence-electron chi connectivity index (χ1n) is 33.0. The number of esters is 4. The maximum atomic E-state index is 11.9. The molecule has 5 atom stereocenters. The molecule has 3 aromatic heterocycles. The van der Waals surface area contributed by atoms with Gasteiger partial charge in [-0.2, -0.15) is 20.2 Å². The number of rotatable bonds is 25. The van der Waals surface area contributed by atoms with E-state index in [0.717, 1.165) is 22.3 Å². The number of carbonyl (C=O) groups is 5. The summed E-state index contributed by atoms with van der Waals surface area (Å²) in [5, 5.41) is 35.2. The summed E-state index contributed by atoms with van der Waals surface area (Å²) in [6.45, 7) is 22.1. The summed E-state index contributed by atoms with van der Waals surface area (Å²) in [4.78, 5) is 95.2. The Hall–Kier alpha value is -8.19. The Morgan fingerprint density at radius 3 is 1.12 bits per heavy atom. The van der Waals surface area contributed by atoms with Gasteiger partial charge in [0.05, 0.1) is 58.2 Å². The highest BCUT2D eigenvalue weighted by atomic mass is 127. The zero-order chi connectivity index (χ0) is 79.1. The maximum Gasteiger partial charge on any atom is 0.438 e. The monoisotopic (exact) mass is 1710 g/mol. The summed E-state index contributed by atoms with van der Waals surface area (Å²) < 4.78 is 51.1. The minimum atomic E-state index is -1.00. The second-order valence-electron chi connectivity index (χ2n) is 23.0. The van der Waals surface area contributed by atoms with Crippen LogP contribution in [0.25, 0.3) is 0 Å². The first-order valence-corrected chi connectivity index (χ1v) is 34.3. The van der Waals surface area contributed by atoms with Crippen LogP contribution in [0.3, 0.4) is 0 Å². The molecule has 0 aliphatic carbocycles. The Morgan fingerprint density at radius 1 is 0.581 bits per heavy atom. The second kappa shape index (κ2) is 63.1. The number of nitrogens with zero attached hydrogens (tertiary/aromatic N) is 7. The number of carbonyl (C=O) groups excluding carboxylic acids is 5. The molecule has 4 aromatic carbocycles. The lowest BCUT2D eigenvalue weighted by Crippen LogP contribution is -2.30. The number of aromatic nitrogens is 7. The number of aromatic amines is 2. The summed E-state index contributed by atoms with van der Waals surface area (Å²) in [6.07, 6.45) is 0.466. The highest BCUT2D eigenvalue weighted by Gasteiger charge is 2.26. The van der Waals surface area contributed by atoms with Gasteiger partial charge in [0.2, 0.25) is 21.8 Å². The molecular formula is C72H106BrCl3FIN12O15. The van der Waals surface area contributed by atoms with Gasteiger partial charge in [-0.1, -0.05) is 243 Å². The first-order chi connectivity index (χ1) is 49.3. The molecule has 105 heavy (non-hydrogen) atoms. The number of amides is 1. The average molecular weight is 1710 g/mol. The Morgan fingerprint density at radius 2 is 0.876 bits per heavy atom. The third-order valence-electron chi connectivity index (χ3n) is 13.6. The number of ether oxygens (including phenoxy) is 4. The van der Waals surface area contributed by atoms with Gasteiger partial charge in [0, 0.05) is 19.8 Å². The van der Waals surface area contributed by atoms with E-state index in [-0.39, 0.29) is 184 Å². The Kier molecular flexibility index (Phi) is 60.7. The van der Waals surface area contributed by atoms with Crippen molar-refractivity contribution >= 4 is 110 Å². The minimum absolute atomic E-state index is 0. The van der Waals surface area contributed by atoms with Crippen molar-refractivity contribution in [2.75, 3.05) is 18.7 Å². The van der Waals surface area contributed by atoms with Crippen LogP contribution in [-0.2, 0) is 69.3 Å². The molecule has 33 heteroatoms. The number of nitrogens with two attached hydrogens (primary N) is 3. The van der Waals surface area contributed by atoms with Crippen molar-refractivity contribution in [1.29, 1.82) is 5.26 Å². The van der Waals surface area contributed by atoms with Crippen molar-refractivity contribution in [3.63, 3.8) is 0 Å². The minimum Gasteiger partial charge on any atom is -0.461 e. The number of aliphatic hydroxyl groups is 1. The molecule has 27 nitrogen and oxygen atoms in total. The number of halogens is 6. The Bertz CT molecular complexity index is 3590. The molecule has 0 bridgehead atoms. The highest BCUT2D eigenvalue weighted by molar-refractivity contribution is 14.1. The Balaban J connectivity index is -0.000000383. The summed E-state index contributed by atoms with van der Waals surface area (Å²) in [6, 6.07) is 39.7. The Labute approximate surface area is 657 Å². The van der Waals surface area contributed by atoms with Crippen LogP contribution in [0.5, 0.6) is 0 Å². The number of hydrogen-bond acceptors (Lipinski definition) is 23. The van der Waals surface area contributed by atoms with Gasteiger partial charge in [-0.05, 0) is 98.5 Å². The fourth-order valence-corrected chi connectivity index (χ4v) is 8.42. The number of oxime groups is 1. The molecule has 7 aromatic rings. The SMILES string of the molecule is Br.C.C.CC(C)[C@@H](C#N)CC(=O)OCc1ccccc1.CC(C)[C@H](CC(=O)OCc1ccccc1)C(N)=NO.CC(C)[C@H](CC(=O)OCc1ccccc1)C(N)=O.CC(C)[C@H](CC(=O)OCc1ccccc1)c1noc(=O)[nH]1.CC(C)[C@H](N)c1noc(=O)[nH]1.CCO.Clc1nc(Cl)nc(Cl)n1.[2H]CF.[2H]CI.